The average Bonchev–Trinajstić information content (AvgIpc) is 2.36. The van der Waals surface area contributed by atoms with E-state index < -0.39 is 12.1 Å². The Morgan fingerprint density at radius 2 is 2.19 bits per heavy atom. The maximum Gasteiger partial charge on any atom is 0.307 e. The number of ether oxygens (including phenoxy) is 1. The zero-order valence-corrected chi connectivity index (χ0v) is 11.4. The molecule has 1 aliphatic carbocycles. The standard InChI is InChI=1S/C16H14O5/c1-8-14-10(6-11(21-8)7-13(18)19)5-9-3-2-4-12(17)15(9)16(14)20/h2-5,11,17H,6-7H2,1H3,(H,18,19)/t11-/m1/s1. The van der Waals surface area contributed by atoms with Gasteiger partial charge in [0.25, 0.3) is 0 Å². The minimum atomic E-state index is -0.933. The number of phenols is 1. The number of fused-ring (bicyclic) bond motifs is 2. The molecule has 1 atom stereocenters. The molecule has 0 aromatic heterocycles. The first-order valence-electron chi connectivity index (χ1n) is 6.64. The van der Waals surface area contributed by atoms with Gasteiger partial charge in [-0.05, 0) is 30.2 Å². The first-order chi connectivity index (χ1) is 9.97. The molecule has 0 bridgehead atoms. The molecule has 5 heteroatoms. The van der Waals surface area contributed by atoms with E-state index in [1.807, 2.05) is 6.08 Å². The zero-order valence-electron chi connectivity index (χ0n) is 11.4. The first-order valence-corrected chi connectivity index (χ1v) is 6.64. The van der Waals surface area contributed by atoms with Crippen LogP contribution in [0.2, 0.25) is 0 Å². The van der Waals surface area contributed by atoms with Crippen LogP contribution in [0.5, 0.6) is 5.75 Å². The Morgan fingerprint density at radius 1 is 1.43 bits per heavy atom. The number of carbonyl (C=O) groups is 2. The number of phenolic OH excluding ortho intramolecular Hbond substituents is 1. The van der Waals surface area contributed by atoms with Crippen LogP contribution in [0.25, 0.3) is 6.08 Å². The van der Waals surface area contributed by atoms with E-state index in [0.717, 1.165) is 5.57 Å². The number of benzene rings is 1. The van der Waals surface area contributed by atoms with Crippen LogP contribution >= 0.6 is 0 Å². The van der Waals surface area contributed by atoms with Gasteiger partial charge in [0.1, 0.15) is 17.6 Å². The van der Waals surface area contributed by atoms with E-state index >= 15 is 0 Å². The monoisotopic (exact) mass is 286 g/mol. The number of aliphatic carboxylic acids is 1. The molecule has 0 radical (unpaired) electrons. The number of ketones is 1. The summed E-state index contributed by atoms with van der Waals surface area (Å²) in [6.45, 7) is 1.65. The summed E-state index contributed by atoms with van der Waals surface area (Å²) in [5.74, 6) is -0.845. The van der Waals surface area contributed by atoms with Gasteiger partial charge in [-0.2, -0.15) is 0 Å². The third kappa shape index (κ3) is 2.20. The van der Waals surface area contributed by atoms with Crippen molar-refractivity contribution in [3.8, 4) is 5.75 Å². The van der Waals surface area contributed by atoms with Gasteiger partial charge in [-0.15, -0.1) is 0 Å². The fourth-order valence-electron chi connectivity index (χ4n) is 2.91. The molecule has 21 heavy (non-hydrogen) atoms. The quantitative estimate of drug-likeness (QED) is 0.872. The minimum Gasteiger partial charge on any atom is -0.507 e. The number of carboxylic acid groups (broad SMARTS) is 1. The molecule has 1 aromatic carbocycles. The predicted molar refractivity (Wildman–Crippen MR) is 74.9 cm³/mol. The highest BCUT2D eigenvalue weighted by molar-refractivity contribution is 6.18. The fraction of sp³-hybridized carbons (Fsp3) is 0.250. The van der Waals surface area contributed by atoms with Gasteiger partial charge in [-0.25, -0.2) is 0 Å². The maximum atomic E-state index is 12.6. The van der Waals surface area contributed by atoms with Crippen molar-refractivity contribution in [2.24, 2.45) is 0 Å². The minimum absolute atomic E-state index is 0.0549. The lowest BCUT2D eigenvalue weighted by molar-refractivity contribution is -0.139. The molecule has 108 valence electrons. The van der Waals surface area contributed by atoms with Crippen LogP contribution in [-0.4, -0.2) is 28.1 Å². The van der Waals surface area contributed by atoms with Gasteiger partial charge in [-0.3, -0.25) is 9.59 Å². The Morgan fingerprint density at radius 3 is 2.90 bits per heavy atom. The van der Waals surface area contributed by atoms with Crippen LogP contribution in [0.3, 0.4) is 0 Å². The van der Waals surface area contributed by atoms with E-state index in [4.69, 9.17) is 9.84 Å². The molecule has 1 aliphatic heterocycles. The van der Waals surface area contributed by atoms with Gasteiger partial charge in [0.15, 0.2) is 0 Å². The van der Waals surface area contributed by atoms with Crippen LogP contribution in [0.1, 0.15) is 35.7 Å². The van der Waals surface area contributed by atoms with E-state index in [-0.39, 0.29) is 23.5 Å². The van der Waals surface area contributed by atoms with Crippen LogP contribution in [-0.2, 0) is 9.53 Å². The number of carbonyl (C=O) groups excluding carboxylic acids is 1. The summed E-state index contributed by atoms with van der Waals surface area (Å²) in [5.41, 5.74) is 2.14. The Bertz CT molecular complexity index is 711. The molecule has 1 heterocycles. The zero-order chi connectivity index (χ0) is 15.1. The second kappa shape index (κ2) is 4.77. The van der Waals surface area contributed by atoms with Crippen molar-refractivity contribution in [1.82, 2.24) is 0 Å². The normalized spacial score (nSPS) is 20.3. The molecule has 0 spiro atoms. The van der Waals surface area contributed by atoms with Gasteiger partial charge in [0.2, 0.25) is 5.78 Å². The van der Waals surface area contributed by atoms with E-state index in [1.54, 1.807) is 19.1 Å². The molecule has 1 aromatic rings. The smallest absolute Gasteiger partial charge is 0.307 e. The summed E-state index contributed by atoms with van der Waals surface area (Å²) >= 11 is 0. The van der Waals surface area contributed by atoms with Crippen LogP contribution in [0.4, 0.5) is 0 Å². The molecule has 5 nitrogen and oxygen atoms in total. The Kier molecular flexibility index (Phi) is 3.05. The molecular weight excluding hydrogens is 272 g/mol. The van der Waals surface area contributed by atoms with Gasteiger partial charge in [0.05, 0.1) is 17.6 Å². The molecule has 2 N–H and O–H groups in total. The topological polar surface area (TPSA) is 83.8 Å². The third-order valence-electron chi connectivity index (χ3n) is 3.73. The third-order valence-corrected chi connectivity index (χ3v) is 3.73. The molecule has 0 amide bonds. The summed E-state index contributed by atoms with van der Waals surface area (Å²) in [7, 11) is 0. The van der Waals surface area contributed by atoms with Crippen molar-refractivity contribution in [3.05, 3.63) is 46.2 Å². The van der Waals surface area contributed by atoms with E-state index in [0.29, 0.717) is 23.3 Å². The van der Waals surface area contributed by atoms with Crippen LogP contribution < -0.4 is 0 Å². The van der Waals surface area contributed by atoms with Crippen LogP contribution in [0.15, 0.2) is 35.1 Å². The summed E-state index contributed by atoms with van der Waals surface area (Å²) in [5, 5.41) is 18.8. The van der Waals surface area contributed by atoms with E-state index in [9.17, 15) is 14.7 Å². The van der Waals surface area contributed by atoms with Crippen molar-refractivity contribution >= 4 is 17.8 Å². The van der Waals surface area contributed by atoms with E-state index in [1.165, 1.54) is 6.07 Å². The Balaban J connectivity index is 2.08. The highest BCUT2D eigenvalue weighted by Gasteiger charge is 2.34. The predicted octanol–water partition coefficient (Wildman–Crippen LogP) is 2.51. The van der Waals surface area contributed by atoms with Crippen molar-refractivity contribution in [2.75, 3.05) is 0 Å². The van der Waals surface area contributed by atoms with Gasteiger partial charge >= 0.3 is 5.97 Å². The highest BCUT2D eigenvalue weighted by Crippen LogP contribution is 2.40. The number of hydrogen-bond acceptors (Lipinski definition) is 4. The van der Waals surface area contributed by atoms with Gasteiger partial charge < -0.3 is 14.9 Å². The lowest BCUT2D eigenvalue weighted by atomic mass is 9.82. The Hall–Kier alpha value is -2.56. The van der Waals surface area contributed by atoms with E-state index in [2.05, 4.69) is 0 Å². The second-order valence-electron chi connectivity index (χ2n) is 5.21. The van der Waals surface area contributed by atoms with Gasteiger partial charge in [-0.1, -0.05) is 12.1 Å². The summed E-state index contributed by atoms with van der Waals surface area (Å²) in [6, 6.07) is 4.91. The van der Waals surface area contributed by atoms with Crippen molar-refractivity contribution in [1.29, 1.82) is 0 Å². The number of Topliss-reactive ketones (excluding diaryl/α,β-unsaturated/α-hetero) is 1. The van der Waals surface area contributed by atoms with Gasteiger partial charge in [0, 0.05) is 6.42 Å². The Labute approximate surface area is 121 Å². The number of allylic oxidation sites excluding steroid dienone is 2. The summed E-state index contributed by atoms with van der Waals surface area (Å²) in [4.78, 5) is 23.4. The number of hydrogen-bond donors (Lipinski definition) is 2. The number of carboxylic acids is 1. The largest absolute Gasteiger partial charge is 0.507 e. The van der Waals surface area contributed by atoms with Crippen LogP contribution in [0, 0.1) is 0 Å². The second-order valence-corrected chi connectivity index (χ2v) is 5.21. The summed E-state index contributed by atoms with van der Waals surface area (Å²) in [6.07, 6.45) is 1.62. The number of aromatic hydroxyl groups is 1. The van der Waals surface area contributed by atoms with Crippen molar-refractivity contribution in [3.63, 3.8) is 0 Å². The molecule has 3 rings (SSSR count). The molecular formula is C16H14O5. The van der Waals surface area contributed by atoms with Crippen molar-refractivity contribution < 1.29 is 24.5 Å². The lowest BCUT2D eigenvalue weighted by Crippen LogP contribution is -2.27. The average molecular weight is 286 g/mol. The highest BCUT2D eigenvalue weighted by atomic mass is 16.5. The molecule has 0 unspecified atom stereocenters. The SMILES string of the molecule is CC1=C2C(=O)c3c(O)cccc3C=C2C[C@H](CC(=O)O)O1. The fourth-order valence-corrected chi connectivity index (χ4v) is 2.91. The maximum absolute atomic E-state index is 12.6. The summed E-state index contributed by atoms with van der Waals surface area (Å²) < 4.78 is 5.55. The molecule has 0 fully saturated rings. The molecule has 0 saturated carbocycles. The molecule has 0 saturated heterocycles. The first kappa shape index (κ1) is 13.4. The molecule has 2 aliphatic rings. The number of rotatable bonds is 2. The van der Waals surface area contributed by atoms with Crippen molar-refractivity contribution in [2.45, 2.75) is 25.9 Å². The lowest BCUT2D eigenvalue weighted by Gasteiger charge is -2.30.